The Balaban J connectivity index is 0.000000146. The minimum atomic E-state index is -0.353. The van der Waals surface area contributed by atoms with Gasteiger partial charge in [-0.1, -0.05) is 30.4 Å². The molecule has 10 saturated heterocycles. The molecule has 734 valence electrons. The van der Waals surface area contributed by atoms with Gasteiger partial charge in [-0.15, -0.1) is 11.3 Å². The van der Waals surface area contributed by atoms with Crippen molar-refractivity contribution in [3.63, 3.8) is 0 Å². The third-order valence-corrected chi connectivity index (χ3v) is 30.1. The van der Waals surface area contributed by atoms with Crippen LogP contribution in [0.4, 0.5) is 11.8 Å². The number of carbonyl (C=O) groups excluding carboxylic acids is 1. The number of hydrogen-bond acceptors (Lipinski definition) is 29. The number of anilines is 2. The van der Waals surface area contributed by atoms with Gasteiger partial charge in [-0.2, -0.15) is 5.26 Å². The molecule has 10 aliphatic heterocycles. The van der Waals surface area contributed by atoms with E-state index in [1.165, 1.54) is 163 Å². The number of pyridine rings is 5. The highest BCUT2D eigenvalue weighted by Crippen LogP contribution is 2.40. The fourth-order valence-electron chi connectivity index (χ4n) is 20.3. The average molecular weight is 1870 g/mol. The molecule has 1 atom stereocenters. The van der Waals surface area contributed by atoms with Gasteiger partial charge in [-0.25, -0.2) is 39.9 Å². The normalized spacial score (nSPS) is 21.3. The molecule has 0 unspecified atom stereocenters. The van der Waals surface area contributed by atoms with Crippen molar-refractivity contribution < 1.29 is 24.1 Å². The summed E-state index contributed by atoms with van der Waals surface area (Å²) in [4.78, 5) is 78.3. The van der Waals surface area contributed by atoms with Crippen molar-refractivity contribution in [2.24, 2.45) is 5.92 Å². The Morgan fingerprint density at radius 1 is 0.459 bits per heavy atom. The second-order valence-corrected chi connectivity index (χ2v) is 40.0. The second kappa shape index (κ2) is 55.2. The highest BCUT2D eigenvalue weighted by molar-refractivity contribution is 7.09. The quantitative estimate of drug-likeness (QED) is 0.0966. The predicted molar refractivity (Wildman–Crippen MR) is 544 cm³/mol. The Morgan fingerprint density at radius 3 is 1.50 bits per heavy atom. The van der Waals surface area contributed by atoms with E-state index in [9.17, 15) is 15.2 Å². The first-order chi connectivity index (χ1) is 65.4. The number of aromatic nitrogens is 10. The maximum absolute atomic E-state index is 11.6. The van der Waals surface area contributed by atoms with Crippen LogP contribution in [0.3, 0.4) is 0 Å². The molecule has 28 nitrogen and oxygen atoms in total. The third kappa shape index (κ3) is 33.2. The zero-order chi connectivity index (χ0) is 96.0. The van der Waals surface area contributed by atoms with Crippen LogP contribution in [0, 0.1) is 31.1 Å². The summed E-state index contributed by atoms with van der Waals surface area (Å²) in [5.41, 5.74) is 21.3. The van der Waals surface area contributed by atoms with Gasteiger partial charge in [-0.3, -0.25) is 19.7 Å². The molecule has 10 fully saturated rings. The van der Waals surface area contributed by atoms with Crippen LogP contribution < -0.4 is 25.7 Å². The summed E-state index contributed by atoms with van der Waals surface area (Å²) >= 11 is 1.83. The van der Waals surface area contributed by atoms with Crippen LogP contribution in [0.2, 0.25) is 0 Å². The van der Waals surface area contributed by atoms with Crippen LogP contribution in [0.15, 0.2) is 145 Å². The Kier molecular flexibility index (Phi) is 43.4. The van der Waals surface area contributed by atoms with E-state index in [0.717, 1.165) is 169 Å². The van der Waals surface area contributed by atoms with E-state index in [-0.39, 0.29) is 5.41 Å². The second-order valence-electron chi connectivity index (χ2n) is 39.1. The van der Waals surface area contributed by atoms with Crippen molar-refractivity contribution in [1.82, 2.24) is 98.8 Å². The van der Waals surface area contributed by atoms with Gasteiger partial charge in [0.25, 0.3) is 0 Å². The van der Waals surface area contributed by atoms with Gasteiger partial charge in [0.2, 0.25) is 23.6 Å². The van der Waals surface area contributed by atoms with Crippen LogP contribution in [0.1, 0.15) is 232 Å². The molecule has 11 aliphatic rings. The number of allylic oxidation sites excluding steroid dienone is 4. The van der Waals surface area contributed by atoms with Gasteiger partial charge in [0.05, 0.1) is 44.8 Å². The number of carbonyl (C=O) groups is 1. The summed E-state index contributed by atoms with van der Waals surface area (Å²) < 4.78 is 15.6. The fourth-order valence-corrected chi connectivity index (χ4v) is 21.1. The number of nitrogen functional groups attached to an aromatic ring is 2. The van der Waals surface area contributed by atoms with Crippen molar-refractivity contribution in [1.29, 1.82) is 5.26 Å². The number of ether oxygens (including phenoxy) is 3. The summed E-state index contributed by atoms with van der Waals surface area (Å²) in [6, 6.07) is 25.3. The first-order valence-electron chi connectivity index (χ1n) is 49.7. The number of likely N-dealkylation sites (tertiary alicyclic amines) is 10. The van der Waals surface area contributed by atoms with Crippen molar-refractivity contribution >= 4 is 28.9 Å². The molecule has 0 spiro atoms. The van der Waals surface area contributed by atoms with Gasteiger partial charge in [0.1, 0.15) is 27.8 Å². The molecular weight excluding hydrogens is 1710 g/mol. The summed E-state index contributed by atoms with van der Waals surface area (Å²) in [5, 5.41) is 22.5. The summed E-state index contributed by atoms with van der Waals surface area (Å²) in [6.45, 7) is 26.0. The lowest BCUT2D eigenvalue weighted by molar-refractivity contribution is -0.115. The van der Waals surface area contributed by atoms with Crippen LogP contribution in [-0.2, 0) is 10.2 Å². The minimum Gasteiger partial charge on any atom is -0.506 e. The van der Waals surface area contributed by atoms with Crippen molar-refractivity contribution in [2.45, 2.75) is 202 Å². The number of nitrogens with two attached hydrogens (primary N) is 2. The SMILES string of the molecule is CN1CCC(C#N)(c2ccccn2)CC1.CN1CCC(C2=CC=CCC2=O)CC1.CN1CCC(N2CCC[C@@H]2c2nccs2)CC1.CN1CCC(c2ccnc(N)n2)CC1.CN1CCC(c2nccc(N)n2)CC1.CN1CCC(c2ncccc2O)CC1.COc1cc(C)c(C2CCN(C)CC2)cn1.COc1ncc(C2CCN(C)CC2)cc1C.COc1ncccc1C1CCN(C)CC1. The van der Waals surface area contributed by atoms with E-state index in [4.69, 9.17) is 25.7 Å². The summed E-state index contributed by atoms with van der Waals surface area (Å²) in [7, 11) is 24.5. The Bertz CT molecular complexity index is 4790. The Labute approximate surface area is 811 Å². The lowest BCUT2D eigenvalue weighted by Gasteiger charge is -2.37. The number of hydrogen-bond donors (Lipinski definition) is 3. The summed E-state index contributed by atoms with van der Waals surface area (Å²) in [6.07, 6.45) is 44.9. The van der Waals surface area contributed by atoms with Crippen molar-refractivity contribution in [3.05, 3.63) is 201 Å². The number of thiazole rings is 1. The first-order valence-corrected chi connectivity index (χ1v) is 50.6. The van der Waals surface area contributed by atoms with Crippen LogP contribution >= 0.6 is 11.3 Å². The number of methoxy groups -OCH3 is 3. The van der Waals surface area contributed by atoms with Crippen LogP contribution in [-0.4, -0.2) is 325 Å². The first kappa shape index (κ1) is 106. The number of nitrogens with zero attached hydrogens (tertiary/aromatic N) is 21. The Morgan fingerprint density at radius 2 is 0.985 bits per heavy atom. The standard InChI is InChI=1S/C13H21N3S.2C13H20N2O.C12H15N3.C12H18N2O.C12H17NO.C11H16N2O.2C10H16N4/c1-15-8-4-11(5-9-15)16-7-2-3-12(16)13-14-6-10-17-13;1-10-8-13(16-3)14-9-12(10)11-4-6-15(2)7-5-11;1-10-8-12(9-14-13(10)16-3)11-4-6-15(2)7-5-11;1-15-8-5-12(10-13,6-9-15)11-4-2-3-7-14-11;1-14-8-5-10(6-9-14)11-4-3-7-13-12(11)15-2;1-13-8-6-10(7-9-13)11-4-2-3-5-12(11)14;1-13-7-4-9(5-8-13)11-10(14)3-2-6-12-11;1-14-6-3-8(4-7-14)10-12-5-2-9(11)13-10;1-14-6-3-8(4-7-14)9-2-5-12-10(11)13-9/h6,10-12H,2-5,7-9H2,1H3;2*8-9,11H,4-7H2,1-3H3;2-4,7H,5-6,8-9H2,1H3;3-4,7,10H,5-6,8-9H2,1-2H3;2-4,10H,5-9H2,1H3;2-3,6,9,14H,4-5,7-8H2,1H3;2*2,5,8H,3-4,6-7H2,1H3,(H2,11,12,13)/t12-;;;;;;;;/m1......../s1. The zero-order valence-electron chi connectivity index (χ0n) is 83.8. The van der Waals surface area contributed by atoms with E-state index < -0.39 is 0 Å². The van der Waals surface area contributed by atoms with E-state index in [1.807, 2.05) is 84.6 Å². The monoisotopic (exact) mass is 1870 g/mol. The van der Waals surface area contributed by atoms with Crippen LogP contribution in [0.25, 0.3) is 0 Å². The van der Waals surface area contributed by atoms with Gasteiger partial charge in [0.15, 0.2) is 5.78 Å². The van der Waals surface area contributed by atoms with E-state index in [0.29, 0.717) is 83.1 Å². The number of piperidine rings is 9. The molecule has 0 bridgehead atoms. The highest BCUT2D eigenvalue weighted by atomic mass is 32.1. The lowest BCUT2D eigenvalue weighted by Crippen LogP contribution is -2.43. The van der Waals surface area contributed by atoms with Gasteiger partial charge >= 0.3 is 0 Å². The van der Waals surface area contributed by atoms with Crippen molar-refractivity contribution in [3.8, 4) is 29.5 Å². The molecule has 0 amide bonds. The number of nitriles is 1. The molecule has 8 aromatic heterocycles. The van der Waals surface area contributed by atoms with Gasteiger partial charge in [-0.05, 0) is 425 Å². The number of aryl methyl sites for hydroxylation is 2. The molecular formula is C106H159N23O5S. The average Bonchev–Trinajstić information content (AvgIpc) is 1.33. The predicted octanol–water partition coefficient (Wildman–Crippen LogP) is 15.4. The molecule has 0 saturated carbocycles. The molecule has 0 radical (unpaired) electrons. The molecule has 8 aromatic rings. The van der Waals surface area contributed by atoms with Crippen LogP contribution in [0.5, 0.6) is 23.4 Å². The van der Waals surface area contributed by atoms with E-state index in [2.05, 4.69) is 200 Å². The fraction of sp³-hybridized carbons (Fsp3) is 0.604. The van der Waals surface area contributed by atoms with Gasteiger partial charge in [0, 0.05) is 108 Å². The largest absolute Gasteiger partial charge is 0.506 e. The number of aromatic hydroxyl groups is 1. The topological polar surface area (TPSA) is 302 Å². The molecule has 29 heteroatoms. The smallest absolute Gasteiger partial charge is 0.220 e. The van der Waals surface area contributed by atoms with E-state index in [1.54, 1.807) is 70.5 Å². The van der Waals surface area contributed by atoms with E-state index >= 15 is 0 Å². The van der Waals surface area contributed by atoms with Gasteiger partial charge < -0.3 is 74.9 Å². The lowest BCUT2D eigenvalue weighted by atomic mass is 9.77. The molecule has 5 N–H and O–H groups in total. The molecule has 19 rings (SSSR count). The highest BCUT2D eigenvalue weighted by Gasteiger charge is 2.38. The third-order valence-electron chi connectivity index (χ3n) is 29.2. The van der Waals surface area contributed by atoms with Crippen molar-refractivity contribution in [2.75, 3.05) is 221 Å². The number of ketones is 1. The zero-order valence-corrected chi connectivity index (χ0v) is 84.6. The maximum Gasteiger partial charge on any atom is 0.220 e. The maximum atomic E-state index is 11.6. The Hall–Kier alpha value is -9.42. The molecule has 135 heavy (non-hydrogen) atoms. The molecule has 18 heterocycles. The number of Topliss-reactive ketones (excluding diaryl/α,β-unsaturated/α-hetero) is 1. The molecule has 1 aliphatic carbocycles. The number of rotatable bonds is 13. The molecule has 0 aromatic carbocycles. The minimum absolute atomic E-state index is 0.335. The summed E-state index contributed by atoms with van der Waals surface area (Å²) in [5.74, 6) is 8.81.